The first-order chi connectivity index (χ1) is 3.39. The number of nitrogens with zero attached hydrogens (tertiary/aromatic N) is 1. The van der Waals surface area contributed by atoms with Crippen molar-refractivity contribution in [3.8, 4) is 0 Å². The van der Waals surface area contributed by atoms with Crippen molar-refractivity contribution >= 4 is 18.9 Å². The summed E-state index contributed by atoms with van der Waals surface area (Å²) in [6.45, 7) is 1.97. The van der Waals surface area contributed by atoms with Crippen LogP contribution in [0.4, 0.5) is 0 Å². The van der Waals surface area contributed by atoms with Crippen LogP contribution in [0.3, 0.4) is 0 Å². The summed E-state index contributed by atoms with van der Waals surface area (Å²) < 4.78 is 0. The second-order valence-electron chi connectivity index (χ2n) is 1.47. The molecule has 0 aliphatic carbocycles. The van der Waals surface area contributed by atoms with E-state index in [9.17, 15) is 0 Å². The van der Waals surface area contributed by atoms with Gasteiger partial charge in [-0.3, -0.25) is 4.98 Å². The summed E-state index contributed by atoms with van der Waals surface area (Å²) in [6, 6.07) is 5.86. The van der Waals surface area contributed by atoms with E-state index >= 15 is 0 Å². The summed E-state index contributed by atoms with van der Waals surface area (Å²) in [5.41, 5.74) is 1.07. The van der Waals surface area contributed by atoms with Crippen molar-refractivity contribution in [2.45, 2.75) is 6.92 Å². The van der Waals surface area contributed by atoms with Crippen LogP contribution in [0.2, 0.25) is 0 Å². The molecular weight excluding hydrogens is 93.0 g/mol. The fourth-order valence-corrected chi connectivity index (χ4v) is 0.448. The molecule has 0 bridgehead atoms. The Bertz CT molecular complexity index is 138. The maximum absolute atomic E-state index is 3.98. The van der Waals surface area contributed by atoms with Crippen molar-refractivity contribution < 1.29 is 0 Å². The molecule has 0 spiro atoms. The molecule has 2 heteroatoms. The van der Waals surface area contributed by atoms with Crippen molar-refractivity contribution in [3.05, 3.63) is 30.1 Å². The Hall–Kier alpha value is -0.253. The van der Waals surface area contributed by atoms with Gasteiger partial charge in [0.1, 0.15) is 0 Å². The van der Waals surface area contributed by atoms with Gasteiger partial charge in [0.05, 0.1) is 0 Å². The molecule has 0 saturated carbocycles. The summed E-state index contributed by atoms with van der Waals surface area (Å²) in [6.07, 6.45) is 1.79. The molecule has 0 fully saturated rings. The van der Waals surface area contributed by atoms with Crippen LogP contribution >= 0.6 is 0 Å². The van der Waals surface area contributed by atoms with Gasteiger partial charge < -0.3 is 0 Å². The summed E-state index contributed by atoms with van der Waals surface area (Å²) in [5.74, 6) is 0. The molecule has 0 atom stereocenters. The molecule has 1 aromatic rings. The van der Waals surface area contributed by atoms with E-state index in [1.54, 1.807) is 6.20 Å². The van der Waals surface area contributed by atoms with E-state index in [-0.39, 0.29) is 18.9 Å². The summed E-state index contributed by atoms with van der Waals surface area (Å²) in [7, 11) is 0. The third-order valence-corrected chi connectivity index (χ3v) is 0.813. The number of aryl methyl sites for hydroxylation is 1. The summed E-state index contributed by atoms with van der Waals surface area (Å²) >= 11 is 0. The number of aromatic nitrogens is 1. The van der Waals surface area contributed by atoms with Gasteiger partial charge in [-0.25, -0.2) is 0 Å². The fraction of sp³-hybridized carbons (Fsp3) is 0.167. The monoisotopic (exact) mass is 101 g/mol. The van der Waals surface area contributed by atoms with E-state index in [0.717, 1.165) is 5.69 Å². The second-order valence-corrected chi connectivity index (χ2v) is 1.47. The molecule has 1 rings (SSSR count). The summed E-state index contributed by atoms with van der Waals surface area (Å²) in [4.78, 5) is 3.98. The summed E-state index contributed by atoms with van der Waals surface area (Å²) in [5, 5.41) is 0. The fourth-order valence-electron chi connectivity index (χ4n) is 0.448. The Morgan fingerprint density at radius 3 is 2.38 bits per heavy atom. The maximum atomic E-state index is 3.98. The molecule has 1 aromatic heterocycles. The van der Waals surface area contributed by atoms with Crippen LogP contribution < -0.4 is 0 Å². The Balaban J connectivity index is 0.000000490. The van der Waals surface area contributed by atoms with Crippen LogP contribution in [0.5, 0.6) is 0 Å². The van der Waals surface area contributed by atoms with Gasteiger partial charge in [-0.1, -0.05) is 6.07 Å². The average Bonchev–Trinajstić information content (AvgIpc) is 1.69. The molecule has 8 heavy (non-hydrogen) atoms. The van der Waals surface area contributed by atoms with Crippen LogP contribution in [0.1, 0.15) is 5.69 Å². The minimum atomic E-state index is 0. The van der Waals surface area contributed by atoms with E-state index in [1.165, 1.54) is 0 Å². The molecule has 0 aliphatic rings. The van der Waals surface area contributed by atoms with Gasteiger partial charge in [0.25, 0.3) is 0 Å². The first-order valence-electron chi connectivity index (χ1n) is 2.27. The molecule has 0 unspecified atom stereocenters. The van der Waals surface area contributed by atoms with Gasteiger partial charge in [-0.05, 0) is 19.1 Å². The number of hydrogen-bond donors (Lipinski definition) is 0. The Morgan fingerprint density at radius 2 is 2.12 bits per heavy atom. The van der Waals surface area contributed by atoms with Gasteiger partial charge in [-0.15, -0.1) is 0 Å². The van der Waals surface area contributed by atoms with Gasteiger partial charge >= 0.3 is 18.9 Å². The zero-order valence-electron chi connectivity index (χ0n) is 4.26. The molecule has 0 N–H and O–H groups in total. The molecular formula is C6H8LiN. The van der Waals surface area contributed by atoms with E-state index in [2.05, 4.69) is 4.98 Å². The topological polar surface area (TPSA) is 12.9 Å². The molecule has 0 amide bonds. The normalized spacial score (nSPS) is 7.62. The van der Waals surface area contributed by atoms with Crippen LogP contribution in [0.25, 0.3) is 0 Å². The van der Waals surface area contributed by atoms with Gasteiger partial charge in [0, 0.05) is 11.9 Å². The number of rotatable bonds is 0. The van der Waals surface area contributed by atoms with Crippen LogP contribution in [0.15, 0.2) is 24.4 Å². The Kier molecular flexibility index (Phi) is 3.60. The average molecular weight is 101 g/mol. The van der Waals surface area contributed by atoms with Crippen LogP contribution in [-0.2, 0) is 0 Å². The quantitative estimate of drug-likeness (QED) is 0.439. The standard InChI is InChI=1S/C6H7N.Li.H/c1-6-4-2-3-5-7-6;;/h2-5H,1H3;;. The number of pyridine rings is 1. The molecule has 0 aliphatic heterocycles. The van der Waals surface area contributed by atoms with Crippen molar-refractivity contribution in [3.63, 3.8) is 0 Å². The van der Waals surface area contributed by atoms with Crippen molar-refractivity contribution in [1.82, 2.24) is 4.98 Å². The molecule has 38 valence electrons. The SMILES string of the molecule is Cc1ccccn1.[LiH]. The van der Waals surface area contributed by atoms with Crippen LogP contribution in [-0.4, -0.2) is 23.8 Å². The molecule has 0 radical (unpaired) electrons. The predicted molar refractivity (Wildman–Crippen MR) is 36.1 cm³/mol. The zero-order chi connectivity index (χ0) is 5.11. The predicted octanol–water partition coefficient (Wildman–Crippen LogP) is 0.742. The molecule has 0 saturated heterocycles. The first kappa shape index (κ1) is 7.75. The van der Waals surface area contributed by atoms with Gasteiger partial charge in [0.15, 0.2) is 0 Å². The Morgan fingerprint density at radius 1 is 1.38 bits per heavy atom. The third kappa shape index (κ3) is 2.16. The Labute approximate surface area is 61.3 Å². The van der Waals surface area contributed by atoms with E-state index in [4.69, 9.17) is 0 Å². The molecule has 0 aromatic carbocycles. The van der Waals surface area contributed by atoms with Gasteiger partial charge in [-0.2, -0.15) is 0 Å². The van der Waals surface area contributed by atoms with Crippen molar-refractivity contribution in [2.24, 2.45) is 0 Å². The molecule has 1 nitrogen and oxygen atoms in total. The van der Waals surface area contributed by atoms with Crippen LogP contribution in [0, 0.1) is 6.92 Å². The van der Waals surface area contributed by atoms with E-state index in [1.807, 2.05) is 25.1 Å². The third-order valence-electron chi connectivity index (χ3n) is 0.813. The van der Waals surface area contributed by atoms with E-state index < -0.39 is 0 Å². The van der Waals surface area contributed by atoms with Crippen molar-refractivity contribution in [2.75, 3.05) is 0 Å². The van der Waals surface area contributed by atoms with Gasteiger partial charge in [0.2, 0.25) is 0 Å². The minimum absolute atomic E-state index is 0. The first-order valence-corrected chi connectivity index (χ1v) is 2.27. The van der Waals surface area contributed by atoms with E-state index in [0.29, 0.717) is 0 Å². The zero-order valence-corrected chi connectivity index (χ0v) is 4.26. The second kappa shape index (κ2) is 3.71. The molecule has 1 heterocycles. The number of hydrogen-bond acceptors (Lipinski definition) is 1. The van der Waals surface area contributed by atoms with Crippen molar-refractivity contribution in [1.29, 1.82) is 0 Å².